The fourth-order valence-corrected chi connectivity index (χ4v) is 13.0. The van der Waals surface area contributed by atoms with Crippen LogP contribution in [0.25, 0.3) is 22.4 Å². The number of hydrogen-bond acceptors (Lipinski definition) is 0. The number of fused-ring (bicyclic) bond motifs is 3. The molecule has 0 saturated carbocycles. The number of nitrogens with zero attached hydrogens (tertiary/aromatic N) is 2. The summed E-state index contributed by atoms with van der Waals surface area (Å²) in [4.78, 5) is 0. The number of hydrogen-bond donors (Lipinski definition) is 0. The fourth-order valence-electron chi connectivity index (χ4n) is 6.41. The van der Waals surface area contributed by atoms with Gasteiger partial charge < -0.3 is 4.57 Å². The summed E-state index contributed by atoms with van der Waals surface area (Å²) in [7, 11) is 0. The molecule has 6 aromatic carbocycles. The van der Waals surface area contributed by atoms with Crippen LogP contribution < -0.4 is 29.7 Å². The zero-order valence-electron chi connectivity index (χ0n) is 25.6. The van der Waals surface area contributed by atoms with Crippen LogP contribution in [0.5, 0.6) is 0 Å². The molecule has 2 nitrogen and oxygen atoms in total. The summed E-state index contributed by atoms with van der Waals surface area (Å²) >= 11 is -2.23. The van der Waals surface area contributed by atoms with E-state index >= 15 is 0 Å². The maximum Gasteiger partial charge on any atom is 4.00 e. The first-order valence-electron chi connectivity index (χ1n) is 15.1. The van der Waals surface area contributed by atoms with Gasteiger partial charge in [0.05, 0.1) is 16.7 Å². The third-order valence-electron chi connectivity index (χ3n) is 8.63. The van der Waals surface area contributed by atoms with Crippen molar-refractivity contribution in [3.05, 3.63) is 170 Å². The van der Waals surface area contributed by atoms with Gasteiger partial charge in [0.2, 0.25) is 0 Å². The second-order valence-electron chi connectivity index (χ2n) is 11.8. The minimum atomic E-state index is -2.23. The standard InChI is InChI=1S/C20H17BGe.C20H15N2.Pt/c1-22(2)19-14-8-6-12-17(19)21(16-10-4-3-5-11-16)18-13-7-9-15-20(18)22;1-16-11-13-18(14-12-16)22-15-21(17-7-3-2-4-8-17)19-9-5-6-10-20(19)22;/h3-10,12,14-15H,1-2H3;2-7,9-14H,1H3;/q-2;-1;+4. The van der Waals surface area contributed by atoms with E-state index in [9.17, 15) is 0 Å². The second kappa shape index (κ2) is 13.2. The molecule has 0 spiro atoms. The fraction of sp³-hybridized carbons (Fsp3) is 0.0750. The van der Waals surface area contributed by atoms with Gasteiger partial charge in [0.1, 0.15) is 0 Å². The molecule has 0 bridgehead atoms. The number of para-hydroxylation sites is 3. The molecule has 0 amide bonds. The molecule has 1 aliphatic heterocycles. The van der Waals surface area contributed by atoms with E-state index in [1.165, 1.54) is 22.0 Å². The predicted molar refractivity (Wildman–Crippen MR) is 186 cm³/mol. The molecule has 0 saturated heterocycles. The molecule has 0 radical (unpaired) electrons. The van der Waals surface area contributed by atoms with Gasteiger partial charge in [-0.25, -0.2) is 0 Å². The van der Waals surface area contributed by atoms with Crippen LogP contribution in [0.2, 0.25) is 11.5 Å². The molecule has 1 aliphatic rings. The Kier molecular flexibility index (Phi) is 9.13. The number of rotatable bonds is 3. The van der Waals surface area contributed by atoms with Crippen molar-refractivity contribution in [2.75, 3.05) is 0 Å². The average Bonchev–Trinajstić information content (AvgIpc) is 3.46. The van der Waals surface area contributed by atoms with Gasteiger partial charge >= 0.3 is 157 Å². The van der Waals surface area contributed by atoms with E-state index in [1.54, 1.807) is 8.79 Å². The van der Waals surface area contributed by atoms with Crippen molar-refractivity contribution in [2.45, 2.75) is 18.4 Å². The molecule has 0 unspecified atom stereocenters. The van der Waals surface area contributed by atoms with Crippen LogP contribution in [0.1, 0.15) is 5.56 Å². The van der Waals surface area contributed by atoms with Gasteiger partial charge in [-0.05, 0) is 24.7 Å². The van der Waals surface area contributed by atoms with Crippen molar-refractivity contribution in [2.24, 2.45) is 0 Å². The summed E-state index contributed by atoms with van der Waals surface area (Å²) in [5, 5.41) is 0. The van der Waals surface area contributed by atoms with Crippen LogP contribution in [-0.2, 0) is 21.1 Å². The number of imidazole rings is 1. The number of aromatic nitrogens is 2. The Morgan fingerprint density at radius 2 is 1.31 bits per heavy atom. The molecule has 45 heavy (non-hydrogen) atoms. The van der Waals surface area contributed by atoms with Gasteiger partial charge in [-0.3, -0.25) is 4.57 Å². The summed E-state index contributed by atoms with van der Waals surface area (Å²) in [5.74, 6) is 4.99. The Morgan fingerprint density at radius 1 is 0.644 bits per heavy atom. The Bertz CT molecular complexity index is 2010. The van der Waals surface area contributed by atoms with Crippen LogP contribution in [0.3, 0.4) is 0 Å². The Morgan fingerprint density at radius 3 is 2.07 bits per heavy atom. The molecular formula is C40H32BGeN2Pt+. The summed E-state index contributed by atoms with van der Waals surface area (Å²) < 4.78 is 7.30. The smallest absolute Gasteiger partial charge is 4.00 e. The van der Waals surface area contributed by atoms with E-state index < -0.39 is 13.3 Å². The Labute approximate surface area is 284 Å². The quantitative estimate of drug-likeness (QED) is 0.139. The van der Waals surface area contributed by atoms with Crippen molar-refractivity contribution in [1.82, 2.24) is 4.57 Å². The number of benzene rings is 6. The topological polar surface area (TPSA) is 8.81 Å². The Balaban J connectivity index is 0.000000155. The first-order valence-corrected chi connectivity index (χ1v) is 21.4. The molecule has 1 aromatic heterocycles. The zero-order valence-corrected chi connectivity index (χ0v) is 29.9. The maximum atomic E-state index is 3.56. The van der Waals surface area contributed by atoms with Gasteiger partial charge in [-0.15, -0.1) is 0 Å². The van der Waals surface area contributed by atoms with E-state index in [4.69, 9.17) is 0 Å². The van der Waals surface area contributed by atoms with Crippen LogP contribution in [-0.4, -0.2) is 24.5 Å². The predicted octanol–water partition coefficient (Wildman–Crippen LogP) is 4.75. The summed E-state index contributed by atoms with van der Waals surface area (Å²) in [6.07, 6.45) is 3.44. The second-order valence-corrected chi connectivity index (χ2v) is 20.9. The maximum absolute atomic E-state index is 3.56. The minimum Gasteiger partial charge on any atom is 4.00 e. The summed E-state index contributed by atoms with van der Waals surface area (Å²) in [5.41, 5.74) is 9.68. The zero-order chi connectivity index (χ0) is 30.1. The molecule has 0 N–H and O–H groups in total. The largest absolute Gasteiger partial charge is 4.00 e. The first-order chi connectivity index (χ1) is 21.5. The van der Waals surface area contributed by atoms with Crippen molar-refractivity contribution < 1.29 is 25.6 Å². The molecular weight excluding hydrogens is 787 g/mol. The minimum absolute atomic E-state index is 0. The summed E-state index contributed by atoms with van der Waals surface area (Å²) in [6.45, 7) is 2.37. The average molecular weight is 819 g/mol. The first kappa shape index (κ1) is 31.1. The van der Waals surface area contributed by atoms with Crippen LogP contribution in [0, 0.1) is 31.5 Å². The monoisotopic (exact) mass is 820 g/mol. The van der Waals surface area contributed by atoms with Crippen LogP contribution in [0.15, 0.2) is 140 Å². The molecule has 2 heterocycles. The van der Waals surface area contributed by atoms with Crippen molar-refractivity contribution in [3.63, 3.8) is 0 Å². The van der Waals surface area contributed by atoms with Gasteiger partial charge in [-0.1, -0.05) is 42.0 Å². The van der Waals surface area contributed by atoms with E-state index in [2.05, 4.69) is 155 Å². The molecule has 7 aromatic rings. The molecule has 218 valence electrons. The van der Waals surface area contributed by atoms with Gasteiger partial charge in [0, 0.05) is 0 Å². The van der Waals surface area contributed by atoms with Gasteiger partial charge in [0.25, 0.3) is 6.33 Å². The SMILES string of the molecule is Cc1ccc(-[n+]2[c-]n(-c3[c-]cccc3)c3ccccc32)cc1.[CH3][Ge]1([CH3])[c]2ccc[c-]c2B(c2[c-]cccc2)c2cccc[c]21.[Pt+4]. The molecule has 8 rings (SSSR count). The molecule has 0 fully saturated rings. The Hall–Kier alpha value is -3.91. The van der Waals surface area contributed by atoms with Crippen molar-refractivity contribution in [3.8, 4) is 11.4 Å². The van der Waals surface area contributed by atoms with Crippen molar-refractivity contribution in [1.29, 1.82) is 0 Å². The van der Waals surface area contributed by atoms with Gasteiger partial charge in [-0.2, -0.15) is 30.3 Å². The third kappa shape index (κ3) is 5.92. The number of aryl methyl sites for hydroxylation is 1. The van der Waals surface area contributed by atoms with Crippen molar-refractivity contribution >= 4 is 56.2 Å². The van der Waals surface area contributed by atoms with E-state index in [0.29, 0.717) is 0 Å². The van der Waals surface area contributed by atoms with Crippen LogP contribution in [0.4, 0.5) is 0 Å². The van der Waals surface area contributed by atoms with E-state index in [0.717, 1.165) is 22.4 Å². The summed E-state index contributed by atoms with van der Waals surface area (Å²) in [6, 6.07) is 59.0. The normalized spacial score (nSPS) is 12.7. The third-order valence-corrected chi connectivity index (χ3v) is 16.1. The van der Waals surface area contributed by atoms with E-state index in [1.807, 2.05) is 36.4 Å². The van der Waals surface area contributed by atoms with Crippen LogP contribution >= 0.6 is 0 Å². The molecule has 0 atom stereocenters. The molecule has 0 aliphatic carbocycles. The van der Waals surface area contributed by atoms with Gasteiger partial charge in [0.15, 0.2) is 0 Å². The molecule has 5 heteroatoms. The van der Waals surface area contributed by atoms with E-state index in [-0.39, 0.29) is 27.8 Å².